The van der Waals surface area contributed by atoms with E-state index in [-0.39, 0.29) is 18.0 Å². The molecule has 1 aliphatic carbocycles. The Labute approximate surface area is 142 Å². The zero-order valence-corrected chi connectivity index (χ0v) is 14.0. The van der Waals surface area contributed by atoms with E-state index in [1.807, 2.05) is 54.4 Å². The number of amides is 1. The van der Waals surface area contributed by atoms with Crippen LogP contribution in [0.3, 0.4) is 0 Å². The summed E-state index contributed by atoms with van der Waals surface area (Å²) in [4.78, 5) is 18.8. The van der Waals surface area contributed by atoms with Gasteiger partial charge in [0.15, 0.2) is 0 Å². The third-order valence-electron chi connectivity index (χ3n) is 4.60. The topological polar surface area (TPSA) is 71.2 Å². The quantitative estimate of drug-likeness (QED) is 0.907. The van der Waals surface area contributed by atoms with Gasteiger partial charge in [0, 0.05) is 31.0 Å². The number of anilines is 2. The summed E-state index contributed by atoms with van der Waals surface area (Å²) in [5, 5.41) is 3.09. The Morgan fingerprint density at radius 1 is 1.12 bits per heavy atom. The van der Waals surface area contributed by atoms with Crippen molar-refractivity contribution in [2.24, 2.45) is 5.73 Å². The second kappa shape index (κ2) is 7.45. The lowest BCUT2D eigenvalue weighted by molar-refractivity contribution is 0.0925. The van der Waals surface area contributed by atoms with Crippen molar-refractivity contribution in [3.8, 4) is 0 Å². The summed E-state index contributed by atoms with van der Waals surface area (Å²) in [6.07, 6.45) is 5.50. The predicted octanol–water partition coefficient (Wildman–Crippen LogP) is 2.85. The molecule has 0 aliphatic heterocycles. The van der Waals surface area contributed by atoms with Crippen LogP contribution in [-0.2, 0) is 0 Å². The Kier molecular flexibility index (Phi) is 5.11. The van der Waals surface area contributed by atoms with Crippen LogP contribution in [0.4, 0.5) is 11.5 Å². The summed E-state index contributed by atoms with van der Waals surface area (Å²) in [6, 6.07) is 14.2. The number of carbonyl (C=O) groups is 1. The Bertz CT molecular complexity index is 664. The van der Waals surface area contributed by atoms with Crippen LogP contribution in [0.15, 0.2) is 48.7 Å². The Morgan fingerprint density at radius 2 is 1.83 bits per heavy atom. The minimum atomic E-state index is -0.0584. The largest absolute Gasteiger partial charge is 0.349 e. The van der Waals surface area contributed by atoms with Gasteiger partial charge in [-0.1, -0.05) is 18.2 Å². The molecule has 1 saturated carbocycles. The highest BCUT2D eigenvalue weighted by Crippen LogP contribution is 2.21. The van der Waals surface area contributed by atoms with Crippen LogP contribution >= 0.6 is 0 Å². The molecule has 0 radical (unpaired) electrons. The van der Waals surface area contributed by atoms with Gasteiger partial charge in [-0.3, -0.25) is 4.79 Å². The molecule has 1 aromatic carbocycles. The molecule has 0 unspecified atom stereocenters. The molecular formula is C19H24N4O. The first kappa shape index (κ1) is 16.5. The van der Waals surface area contributed by atoms with Gasteiger partial charge in [0.25, 0.3) is 5.91 Å². The summed E-state index contributed by atoms with van der Waals surface area (Å²) in [6.45, 7) is 0. The predicted molar refractivity (Wildman–Crippen MR) is 96.4 cm³/mol. The van der Waals surface area contributed by atoms with E-state index in [0.717, 1.165) is 37.2 Å². The number of rotatable bonds is 4. The fourth-order valence-corrected chi connectivity index (χ4v) is 3.03. The molecule has 0 bridgehead atoms. The Hall–Kier alpha value is -2.40. The van der Waals surface area contributed by atoms with Gasteiger partial charge in [0.2, 0.25) is 0 Å². The smallest absolute Gasteiger partial charge is 0.253 e. The van der Waals surface area contributed by atoms with E-state index in [2.05, 4.69) is 10.3 Å². The van der Waals surface area contributed by atoms with Crippen molar-refractivity contribution in [3.63, 3.8) is 0 Å². The number of pyridine rings is 1. The van der Waals surface area contributed by atoms with E-state index < -0.39 is 0 Å². The van der Waals surface area contributed by atoms with E-state index in [9.17, 15) is 4.79 Å². The van der Waals surface area contributed by atoms with Crippen LogP contribution in [0, 0.1) is 0 Å². The lowest BCUT2D eigenvalue weighted by Crippen LogP contribution is -2.40. The van der Waals surface area contributed by atoms with Gasteiger partial charge < -0.3 is 16.0 Å². The van der Waals surface area contributed by atoms with E-state index in [0.29, 0.717) is 5.56 Å². The Morgan fingerprint density at radius 3 is 2.46 bits per heavy atom. The number of carbonyl (C=O) groups excluding carboxylic acids is 1. The average Bonchev–Trinajstić information content (AvgIpc) is 2.64. The first-order chi connectivity index (χ1) is 11.6. The molecule has 1 aromatic heterocycles. The molecule has 24 heavy (non-hydrogen) atoms. The summed E-state index contributed by atoms with van der Waals surface area (Å²) in [5.74, 6) is 0.748. The standard InChI is InChI=1S/C19H24N4O/c1-23(17-5-3-2-4-6-17)18-12-7-14(13-21-18)19(24)22-16-10-8-15(20)9-11-16/h2-7,12-13,15-16H,8-11,20H2,1H3,(H,22,24). The van der Waals surface area contributed by atoms with Crippen LogP contribution < -0.4 is 16.0 Å². The number of hydrogen-bond acceptors (Lipinski definition) is 4. The highest BCUT2D eigenvalue weighted by atomic mass is 16.1. The number of para-hydroxylation sites is 1. The monoisotopic (exact) mass is 324 g/mol. The van der Waals surface area contributed by atoms with E-state index in [1.54, 1.807) is 6.20 Å². The van der Waals surface area contributed by atoms with Gasteiger partial charge in [-0.05, 0) is 49.9 Å². The molecule has 2 aromatic rings. The lowest BCUT2D eigenvalue weighted by Gasteiger charge is -2.26. The lowest BCUT2D eigenvalue weighted by atomic mass is 9.92. The van der Waals surface area contributed by atoms with Crippen molar-refractivity contribution in [3.05, 3.63) is 54.2 Å². The molecular weight excluding hydrogens is 300 g/mol. The fraction of sp³-hybridized carbons (Fsp3) is 0.368. The van der Waals surface area contributed by atoms with E-state index in [1.165, 1.54) is 0 Å². The maximum atomic E-state index is 12.3. The van der Waals surface area contributed by atoms with Gasteiger partial charge >= 0.3 is 0 Å². The maximum absolute atomic E-state index is 12.3. The molecule has 1 heterocycles. The van der Waals surface area contributed by atoms with Gasteiger partial charge in [-0.25, -0.2) is 4.98 Å². The molecule has 0 atom stereocenters. The van der Waals surface area contributed by atoms with E-state index in [4.69, 9.17) is 5.73 Å². The van der Waals surface area contributed by atoms with Crippen LogP contribution in [0.1, 0.15) is 36.0 Å². The van der Waals surface area contributed by atoms with Crippen LogP contribution in [0.5, 0.6) is 0 Å². The van der Waals surface area contributed by atoms with Gasteiger partial charge in [0.05, 0.1) is 5.56 Å². The molecule has 5 nitrogen and oxygen atoms in total. The third kappa shape index (κ3) is 3.92. The highest BCUT2D eigenvalue weighted by molar-refractivity contribution is 5.94. The molecule has 5 heteroatoms. The number of nitrogens with one attached hydrogen (secondary N) is 1. The zero-order valence-electron chi connectivity index (χ0n) is 14.0. The van der Waals surface area contributed by atoms with Crippen molar-refractivity contribution in [2.45, 2.75) is 37.8 Å². The average molecular weight is 324 g/mol. The van der Waals surface area contributed by atoms with Crippen LogP contribution in [0.2, 0.25) is 0 Å². The number of benzene rings is 1. The summed E-state index contributed by atoms with van der Waals surface area (Å²) >= 11 is 0. The molecule has 3 N–H and O–H groups in total. The summed E-state index contributed by atoms with van der Waals surface area (Å²) in [7, 11) is 1.96. The molecule has 1 fully saturated rings. The van der Waals surface area contributed by atoms with Crippen LogP contribution in [0.25, 0.3) is 0 Å². The van der Waals surface area contributed by atoms with Crippen molar-refractivity contribution < 1.29 is 4.79 Å². The van der Waals surface area contributed by atoms with Gasteiger partial charge in [-0.15, -0.1) is 0 Å². The molecule has 0 saturated heterocycles. The number of nitrogens with two attached hydrogens (primary N) is 1. The van der Waals surface area contributed by atoms with Crippen molar-refractivity contribution in [2.75, 3.05) is 11.9 Å². The fourth-order valence-electron chi connectivity index (χ4n) is 3.03. The molecule has 1 amide bonds. The summed E-state index contributed by atoms with van der Waals surface area (Å²) < 4.78 is 0. The minimum Gasteiger partial charge on any atom is -0.349 e. The number of aromatic nitrogens is 1. The SMILES string of the molecule is CN(c1ccccc1)c1ccc(C(=O)NC2CCC(N)CC2)cn1. The molecule has 0 spiro atoms. The third-order valence-corrected chi connectivity index (χ3v) is 4.60. The second-order valence-corrected chi connectivity index (χ2v) is 6.38. The van der Waals surface area contributed by atoms with Crippen molar-refractivity contribution in [1.29, 1.82) is 0 Å². The number of nitrogens with zero attached hydrogens (tertiary/aromatic N) is 2. The van der Waals surface area contributed by atoms with Gasteiger partial charge in [0.1, 0.15) is 5.82 Å². The molecule has 3 rings (SSSR count). The minimum absolute atomic E-state index is 0.0584. The highest BCUT2D eigenvalue weighted by Gasteiger charge is 2.20. The van der Waals surface area contributed by atoms with Gasteiger partial charge in [-0.2, -0.15) is 0 Å². The van der Waals surface area contributed by atoms with Crippen molar-refractivity contribution in [1.82, 2.24) is 10.3 Å². The second-order valence-electron chi connectivity index (χ2n) is 6.38. The number of hydrogen-bond donors (Lipinski definition) is 2. The molecule has 126 valence electrons. The Balaban J connectivity index is 1.62. The summed E-state index contributed by atoms with van der Waals surface area (Å²) in [5.41, 5.74) is 7.55. The zero-order chi connectivity index (χ0) is 16.9. The van der Waals surface area contributed by atoms with E-state index >= 15 is 0 Å². The maximum Gasteiger partial charge on any atom is 0.253 e. The first-order valence-electron chi connectivity index (χ1n) is 8.45. The van der Waals surface area contributed by atoms with Crippen LogP contribution in [-0.4, -0.2) is 30.0 Å². The van der Waals surface area contributed by atoms with Crippen molar-refractivity contribution >= 4 is 17.4 Å². The first-order valence-corrected chi connectivity index (χ1v) is 8.45. The molecule has 1 aliphatic rings. The normalized spacial score (nSPS) is 20.4.